The Morgan fingerprint density at radius 2 is 2.00 bits per heavy atom. The minimum Gasteiger partial charge on any atom is -0.426 e. The minimum absolute atomic E-state index is 0.0484. The van der Waals surface area contributed by atoms with Gasteiger partial charge in [0.15, 0.2) is 0 Å². The molecule has 0 radical (unpaired) electrons. The molecule has 0 saturated carbocycles. The number of carbonyl (C=O) groups excluding carboxylic acids is 2. The van der Waals surface area contributed by atoms with Gasteiger partial charge in [-0.25, -0.2) is 0 Å². The second-order valence-corrected chi connectivity index (χ2v) is 5.92. The number of nitrogens with zero attached hydrogens (tertiary/aromatic N) is 1. The summed E-state index contributed by atoms with van der Waals surface area (Å²) >= 11 is 0. The molecule has 2 unspecified atom stereocenters. The van der Waals surface area contributed by atoms with Crippen molar-refractivity contribution in [2.45, 2.75) is 39.5 Å². The zero-order valence-electron chi connectivity index (χ0n) is 14.4. The maximum absolute atomic E-state index is 12.3. The van der Waals surface area contributed by atoms with E-state index in [4.69, 9.17) is 4.74 Å². The lowest BCUT2D eigenvalue weighted by molar-refractivity contribution is -0.141. The Balaban J connectivity index is 2.21. The lowest BCUT2D eigenvalue weighted by Gasteiger charge is -2.31. The molecule has 5 nitrogen and oxygen atoms in total. The average Bonchev–Trinajstić information content (AvgIpc) is 2.55. The lowest BCUT2D eigenvalue weighted by Crippen LogP contribution is -2.32. The van der Waals surface area contributed by atoms with Crippen molar-refractivity contribution in [1.82, 2.24) is 5.32 Å². The molecule has 0 fully saturated rings. The van der Waals surface area contributed by atoms with E-state index in [0.717, 1.165) is 24.3 Å². The van der Waals surface area contributed by atoms with E-state index in [-0.39, 0.29) is 23.7 Å². The van der Waals surface area contributed by atoms with Crippen molar-refractivity contribution in [1.29, 1.82) is 0 Å². The summed E-state index contributed by atoms with van der Waals surface area (Å²) in [6, 6.07) is 6.08. The molecule has 1 aliphatic rings. The van der Waals surface area contributed by atoms with Gasteiger partial charge in [0.25, 0.3) is 0 Å². The number of hydrogen-bond acceptors (Lipinski definition) is 4. The Labute approximate surface area is 138 Å². The van der Waals surface area contributed by atoms with Crippen LogP contribution in [0.5, 0.6) is 5.75 Å². The molecule has 0 aromatic heterocycles. The molecule has 0 aliphatic carbocycles. The van der Waals surface area contributed by atoms with Crippen molar-refractivity contribution in [3.8, 4) is 5.75 Å². The van der Waals surface area contributed by atoms with Gasteiger partial charge in [-0.15, -0.1) is 0 Å². The number of amides is 1. The van der Waals surface area contributed by atoms with Crippen molar-refractivity contribution in [2.75, 3.05) is 25.0 Å². The molecule has 1 heterocycles. The summed E-state index contributed by atoms with van der Waals surface area (Å²) in [5.41, 5.74) is 2.11. The maximum Gasteiger partial charge on any atom is 0.314 e. The number of benzene rings is 1. The van der Waals surface area contributed by atoms with E-state index in [9.17, 15) is 9.59 Å². The molecule has 1 N–H and O–H groups in total. The van der Waals surface area contributed by atoms with Gasteiger partial charge in [-0.1, -0.05) is 13.0 Å². The molecule has 2 rings (SSSR count). The molecule has 23 heavy (non-hydrogen) atoms. The first kappa shape index (κ1) is 17.3. The monoisotopic (exact) mass is 318 g/mol. The van der Waals surface area contributed by atoms with Crippen LogP contribution in [0.4, 0.5) is 5.69 Å². The Morgan fingerprint density at radius 1 is 1.30 bits per heavy atom. The van der Waals surface area contributed by atoms with Gasteiger partial charge in [0, 0.05) is 38.3 Å². The van der Waals surface area contributed by atoms with Gasteiger partial charge in [-0.3, -0.25) is 9.59 Å². The highest BCUT2D eigenvalue weighted by Gasteiger charge is 2.35. The second kappa shape index (κ2) is 7.49. The summed E-state index contributed by atoms with van der Waals surface area (Å²) in [5, 5.41) is 2.59. The first-order valence-corrected chi connectivity index (χ1v) is 8.32. The molecule has 0 bridgehead atoms. The van der Waals surface area contributed by atoms with Gasteiger partial charge in [-0.2, -0.15) is 0 Å². The summed E-state index contributed by atoms with van der Waals surface area (Å²) in [7, 11) is 1.61. The average molecular weight is 318 g/mol. The van der Waals surface area contributed by atoms with Crippen LogP contribution in [0.3, 0.4) is 0 Å². The third-order valence-corrected chi connectivity index (χ3v) is 4.69. The summed E-state index contributed by atoms with van der Waals surface area (Å²) in [6.45, 7) is 8.06. The van der Waals surface area contributed by atoms with Crippen molar-refractivity contribution in [2.24, 2.45) is 5.92 Å². The van der Waals surface area contributed by atoms with Crippen molar-refractivity contribution in [3.05, 3.63) is 23.8 Å². The predicted molar refractivity (Wildman–Crippen MR) is 90.8 cm³/mol. The fourth-order valence-corrected chi connectivity index (χ4v) is 3.16. The number of ether oxygens (including phenoxy) is 1. The first-order valence-electron chi connectivity index (χ1n) is 8.32. The third kappa shape index (κ3) is 3.66. The maximum atomic E-state index is 12.3. The first-order chi connectivity index (χ1) is 11.0. The van der Waals surface area contributed by atoms with E-state index in [1.807, 2.05) is 19.1 Å². The topological polar surface area (TPSA) is 58.6 Å². The highest BCUT2D eigenvalue weighted by molar-refractivity contribution is 5.81. The van der Waals surface area contributed by atoms with Gasteiger partial charge in [0.1, 0.15) is 5.75 Å². The molecule has 2 atom stereocenters. The van der Waals surface area contributed by atoms with Gasteiger partial charge < -0.3 is 15.0 Å². The number of nitrogens with one attached hydrogen (secondary N) is 1. The zero-order chi connectivity index (χ0) is 17.0. The van der Waals surface area contributed by atoms with Crippen molar-refractivity contribution < 1.29 is 14.3 Å². The lowest BCUT2D eigenvalue weighted by atomic mass is 9.82. The van der Waals surface area contributed by atoms with E-state index >= 15 is 0 Å². The largest absolute Gasteiger partial charge is 0.426 e. The van der Waals surface area contributed by atoms with Gasteiger partial charge in [0.2, 0.25) is 5.91 Å². The van der Waals surface area contributed by atoms with E-state index in [1.165, 1.54) is 0 Å². The highest BCUT2D eigenvalue weighted by atomic mass is 16.5. The summed E-state index contributed by atoms with van der Waals surface area (Å²) in [5.74, 6) is 0.169. The molecule has 1 aliphatic heterocycles. The van der Waals surface area contributed by atoms with Gasteiger partial charge in [-0.05, 0) is 37.8 Å². The number of esters is 1. The Bertz CT molecular complexity index is 582. The standard InChI is InChI=1S/C18H26N2O3/c1-5-20(6-2)13-7-8-14-12(3)15(9-10-17(21)19-4)18(22)23-16(14)11-13/h7-8,11-12,15H,5-6,9-10H2,1-4H3,(H,19,21). The molecule has 1 amide bonds. The van der Waals surface area contributed by atoms with Gasteiger partial charge >= 0.3 is 5.97 Å². The fraction of sp³-hybridized carbons (Fsp3) is 0.556. The summed E-state index contributed by atoms with van der Waals surface area (Å²) in [4.78, 5) is 26.0. The van der Waals surface area contributed by atoms with Crippen LogP contribution < -0.4 is 15.0 Å². The SMILES string of the molecule is CCN(CC)c1ccc2c(c1)OC(=O)C(CCC(=O)NC)C2C. The van der Waals surface area contributed by atoms with Crippen LogP contribution >= 0.6 is 0 Å². The van der Waals surface area contributed by atoms with E-state index in [1.54, 1.807) is 7.05 Å². The molecule has 126 valence electrons. The quantitative estimate of drug-likeness (QED) is 0.647. The molecule has 1 aromatic rings. The van der Waals surface area contributed by atoms with Crippen LogP contribution in [0.2, 0.25) is 0 Å². The molecular weight excluding hydrogens is 292 g/mol. The number of anilines is 1. The van der Waals surface area contributed by atoms with Crippen LogP contribution in [0, 0.1) is 5.92 Å². The molecule has 5 heteroatoms. The van der Waals surface area contributed by atoms with Gasteiger partial charge in [0.05, 0.1) is 5.92 Å². The zero-order valence-corrected chi connectivity index (χ0v) is 14.4. The Morgan fingerprint density at radius 3 is 2.61 bits per heavy atom. The Hall–Kier alpha value is -2.04. The van der Waals surface area contributed by atoms with E-state index in [2.05, 4.69) is 30.1 Å². The van der Waals surface area contributed by atoms with Crippen molar-refractivity contribution in [3.63, 3.8) is 0 Å². The third-order valence-electron chi connectivity index (χ3n) is 4.69. The van der Waals surface area contributed by atoms with Crippen LogP contribution in [-0.2, 0) is 9.59 Å². The molecular formula is C18H26N2O3. The molecule has 0 saturated heterocycles. The smallest absolute Gasteiger partial charge is 0.314 e. The van der Waals surface area contributed by atoms with Crippen molar-refractivity contribution >= 4 is 17.6 Å². The number of fused-ring (bicyclic) bond motifs is 1. The van der Waals surface area contributed by atoms with E-state index < -0.39 is 0 Å². The molecule has 0 spiro atoms. The normalized spacial score (nSPS) is 19.7. The molecule has 1 aromatic carbocycles. The predicted octanol–water partition coefficient (Wildman–Crippen LogP) is 2.70. The van der Waals surface area contributed by atoms with Crippen LogP contribution in [-0.4, -0.2) is 32.0 Å². The van der Waals surface area contributed by atoms with Crippen LogP contribution in [0.15, 0.2) is 18.2 Å². The Kier molecular flexibility index (Phi) is 5.64. The fourth-order valence-electron chi connectivity index (χ4n) is 3.16. The van der Waals surface area contributed by atoms with Crippen LogP contribution in [0.25, 0.3) is 0 Å². The highest BCUT2D eigenvalue weighted by Crippen LogP contribution is 2.41. The van der Waals surface area contributed by atoms with Crippen LogP contribution in [0.1, 0.15) is 45.1 Å². The number of hydrogen-bond donors (Lipinski definition) is 1. The minimum atomic E-state index is -0.265. The second-order valence-electron chi connectivity index (χ2n) is 5.92. The number of carbonyl (C=O) groups is 2. The number of rotatable bonds is 6. The summed E-state index contributed by atoms with van der Waals surface area (Å²) in [6.07, 6.45) is 0.852. The summed E-state index contributed by atoms with van der Waals surface area (Å²) < 4.78 is 5.56. The van der Waals surface area contributed by atoms with E-state index in [0.29, 0.717) is 18.6 Å².